The minimum atomic E-state index is -0.436. The number of nitriles is 1. The third kappa shape index (κ3) is 2.99. The SMILES string of the molecule is CCOC(=O)COc1c(C)cccc1C#N. The Morgan fingerprint density at radius 2 is 2.25 bits per heavy atom. The molecule has 0 atom stereocenters. The van der Waals surface area contributed by atoms with Crippen LogP contribution in [0, 0.1) is 18.3 Å². The molecule has 0 bridgehead atoms. The average Bonchev–Trinajstić information content (AvgIpc) is 2.27. The van der Waals surface area contributed by atoms with E-state index in [9.17, 15) is 4.79 Å². The molecule has 0 saturated heterocycles. The van der Waals surface area contributed by atoms with Crippen LogP contribution in [0.15, 0.2) is 18.2 Å². The van der Waals surface area contributed by atoms with E-state index < -0.39 is 5.97 Å². The number of carbonyl (C=O) groups is 1. The van der Waals surface area contributed by atoms with E-state index in [0.717, 1.165) is 5.56 Å². The van der Waals surface area contributed by atoms with Crippen LogP contribution in [-0.4, -0.2) is 19.2 Å². The third-order valence-corrected chi connectivity index (χ3v) is 1.97. The molecule has 0 saturated carbocycles. The van der Waals surface area contributed by atoms with E-state index in [1.165, 1.54) is 0 Å². The maximum Gasteiger partial charge on any atom is 0.344 e. The van der Waals surface area contributed by atoms with E-state index in [4.69, 9.17) is 14.7 Å². The van der Waals surface area contributed by atoms with Crippen LogP contribution in [0.25, 0.3) is 0 Å². The maximum absolute atomic E-state index is 11.1. The van der Waals surface area contributed by atoms with Crippen LogP contribution < -0.4 is 4.74 Å². The lowest BCUT2D eigenvalue weighted by Crippen LogP contribution is -2.15. The van der Waals surface area contributed by atoms with Gasteiger partial charge in [0.1, 0.15) is 11.8 Å². The van der Waals surface area contributed by atoms with Crippen LogP contribution in [0.2, 0.25) is 0 Å². The molecular formula is C12H13NO3. The van der Waals surface area contributed by atoms with Gasteiger partial charge in [-0.2, -0.15) is 5.26 Å². The molecule has 0 fully saturated rings. The molecule has 0 amide bonds. The van der Waals surface area contributed by atoms with E-state index in [2.05, 4.69) is 0 Å². The Hall–Kier alpha value is -2.02. The van der Waals surface area contributed by atoms with Crippen molar-refractivity contribution in [1.82, 2.24) is 0 Å². The Labute approximate surface area is 94.4 Å². The lowest BCUT2D eigenvalue weighted by Gasteiger charge is -2.09. The average molecular weight is 219 g/mol. The van der Waals surface area contributed by atoms with Gasteiger partial charge in [-0.1, -0.05) is 12.1 Å². The van der Waals surface area contributed by atoms with Gasteiger partial charge in [0.25, 0.3) is 0 Å². The topological polar surface area (TPSA) is 59.3 Å². The summed E-state index contributed by atoms with van der Waals surface area (Å²) < 4.78 is 10.0. The van der Waals surface area contributed by atoms with Gasteiger partial charge in [0.2, 0.25) is 0 Å². The van der Waals surface area contributed by atoms with Crippen LogP contribution in [0.4, 0.5) is 0 Å². The summed E-state index contributed by atoms with van der Waals surface area (Å²) in [4.78, 5) is 11.1. The molecule has 4 heteroatoms. The highest BCUT2D eigenvalue weighted by molar-refractivity contribution is 5.71. The Morgan fingerprint density at radius 3 is 2.88 bits per heavy atom. The van der Waals surface area contributed by atoms with Gasteiger partial charge < -0.3 is 9.47 Å². The summed E-state index contributed by atoms with van der Waals surface area (Å²) in [7, 11) is 0. The number of hydrogen-bond acceptors (Lipinski definition) is 4. The Morgan fingerprint density at radius 1 is 1.50 bits per heavy atom. The highest BCUT2D eigenvalue weighted by atomic mass is 16.6. The van der Waals surface area contributed by atoms with Crippen molar-refractivity contribution in [1.29, 1.82) is 5.26 Å². The molecule has 0 aliphatic carbocycles. The van der Waals surface area contributed by atoms with Crippen LogP contribution in [0.5, 0.6) is 5.75 Å². The van der Waals surface area contributed by atoms with Crippen LogP contribution in [0.1, 0.15) is 18.1 Å². The molecular weight excluding hydrogens is 206 g/mol. The van der Waals surface area contributed by atoms with Gasteiger partial charge in [0.15, 0.2) is 6.61 Å². The number of ether oxygens (including phenoxy) is 2. The van der Waals surface area contributed by atoms with E-state index in [1.54, 1.807) is 19.1 Å². The highest BCUT2D eigenvalue weighted by Gasteiger charge is 2.09. The van der Waals surface area contributed by atoms with Crippen molar-refractivity contribution in [2.75, 3.05) is 13.2 Å². The van der Waals surface area contributed by atoms with Gasteiger partial charge >= 0.3 is 5.97 Å². The van der Waals surface area contributed by atoms with Crippen molar-refractivity contribution >= 4 is 5.97 Å². The number of nitrogens with zero attached hydrogens (tertiary/aromatic N) is 1. The molecule has 0 spiro atoms. The van der Waals surface area contributed by atoms with Crippen molar-refractivity contribution in [2.24, 2.45) is 0 Å². The summed E-state index contributed by atoms with van der Waals surface area (Å²) in [6.07, 6.45) is 0. The molecule has 16 heavy (non-hydrogen) atoms. The zero-order valence-corrected chi connectivity index (χ0v) is 9.32. The molecule has 1 rings (SSSR count). The Bertz CT molecular complexity index is 421. The number of benzene rings is 1. The quantitative estimate of drug-likeness (QED) is 0.724. The molecule has 0 heterocycles. The number of para-hydroxylation sites is 1. The second-order valence-electron chi connectivity index (χ2n) is 3.16. The first-order valence-electron chi connectivity index (χ1n) is 4.97. The number of esters is 1. The van der Waals surface area contributed by atoms with Gasteiger partial charge in [0.05, 0.1) is 12.2 Å². The molecule has 1 aromatic carbocycles. The first kappa shape index (κ1) is 12.1. The fourth-order valence-corrected chi connectivity index (χ4v) is 1.27. The van der Waals surface area contributed by atoms with Crippen LogP contribution >= 0.6 is 0 Å². The summed E-state index contributed by atoms with van der Waals surface area (Å²) in [5, 5.41) is 8.87. The first-order chi connectivity index (χ1) is 7.69. The first-order valence-corrected chi connectivity index (χ1v) is 4.97. The van der Waals surface area contributed by atoms with Crippen molar-refractivity contribution in [3.63, 3.8) is 0 Å². The molecule has 0 aliphatic rings. The zero-order chi connectivity index (χ0) is 12.0. The van der Waals surface area contributed by atoms with E-state index in [0.29, 0.717) is 17.9 Å². The molecule has 1 aromatic rings. The van der Waals surface area contributed by atoms with Gasteiger partial charge in [0, 0.05) is 0 Å². The molecule has 0 radical (unpaired) electrons. The smallest absolute Gasteiger partial charge is 0.344 e. The largest absolute Gasteiger partial charge is 0.480 e. The molecule has 0 N–H and O–H groups in total. The van der Waals surface area contributed by atoms with Gasteiger partial charge in [-0.25, -0.2) is 4.79 Å². The van der Waals surface area contributed by atoms with E-state index >= 15 is 0 Å². The normalized spacial score (nSPS) is 9.31. The van der Waals surface area contributed by atoms with Crippen LogP contribution in [0.3, 0.4) is 0 Å². The summed E-state index contributed by atoms with van der Waals surface area (Å²) in [5.74, 6) is 0.00713. The minimum Gasteiger partial charge on any atom is -0.480 e. The fourth-order valence-electron chi connectivity index (χ4n) is 1.27. The highest BCUT2D eigenvalue weighted by Crippen LogP contribution is 2.22. The number of carbonyl (C=O) groups excluding carboxylic acids is 1. The standard InChI is InChI=1S/C12H13NO3/c1-3-15-11(14)8-16-12-9(2)5-4-6-10(12)7-13/h4-6H,3,8H2,1-2H3. The second kappa shape index (κ2) is 5.76. The molecule has 4 nitrogen and oxygen atoms in total. The number of hydrogen-bond donors (Lipinski definition) is 0. The molecule has 0 unspecified atom stereocenters. The summed E-state index contributed by atoms with van der Waals surface area (Å²) in [6.45, 7) is 3.70. The van der Waals surface area contributed by atoms with Gasteiger partial charge in [-0.15, -0.1) is 0 Å². The van der Waals surface area contributed by atoms with E-state index in [1.807, 2.05) is 19.1 Å². The Kier molecular flexibility index (Phi) is 4.34. The molecule has 84 valence electrons. The zero-order valence-electron chi connectivity index (χ0n) is 9.32. The van der Waals surface area contributed by atoms with Crippen LogP contribution in [-0.2, 0) is 9.53 Å². The third-order valence-electron chi connectivity index (χ3n) is 1.97. The van der Waals surface area contributed by atoms with E-state index in [-0.39, 0.29) is 6.61 Å². The summed E-state index contributed by atoms with van der Waals surface area (Å²) in [6, 6.07) is 7.25. The fraction of sp³-hybridized carbons (Fsp3) is 0.333. The lowest BCUT2D eigenvalue weighted by atomic mass is 10.1. The Balaban J connectivity index is 2.74. The second-order valence-corrected chi connectivity index (χ2v) is 3.16. The van der Waals surface area contributed by atoms with Crippen molar-refractivity contribution in [2.45, 2.75) is 13.8 Å². The maximum atomic E-state index is 11.1. The summed E-state index contributed by atoms with van der Waals surface area (Å²) >= 11 is 0. The minimum absolute atomic E-state index is 0.173. The van der Waals surface area contributed by atoms with Crippen molar-refractivity contribution < 1.29 is 14.3 Å². The van der Waals surface area contributed by atoms with Gasteiger partial charge in [-0.3, -0.25) is 0 Å². The number of aryl methyl sites for hydroxylation is 1. The van der Waals surface area contributed by atoms with Gasteiger partial charge in [-0.05, 0) is 25.5 Å². The number of rotatable bonds is 4. The predicted molar refractivity (Wildman–Crippen MR) is 58.0 cm³/mol. The molecule has 0 aromatic heterocycles. The molecule has 0 aliphatic heterocycles. The monoisotopic (exact) mass is 219 g/mol. The lowest BCUT2D eigenvalue weighted by molar-refractivity contribution is -0.145. The van der Waals surface area contributed by atoms with Crippen molar-refractivity contribution in [3.05, 3.63) is 29.3 Å². The predicted octanol–water partition coefficient (Wildman–Crippen LogP) is 1.81. The summed E-state index contributed by atoms with van der Waals surface area (Å²) in [5.41, 5.74) is 1.24. The van der Waals surface area contributed by atoms with Crippen molar-refractivity contribution in [3.8, 4) is 11.8 Å².